The lowest BCUT2D eigenvalue weighted by molar-refractivity contribution is 0.103. The van der Waals surface area contributed by atoms with E-state index in [1.165, 1.54) is 0 Å². The number of carbonyl (C=O) groups excluding carboxylic acids is 1. The van der Waals surface area contributed by atoms with E-state index in [1.54, 1.807) is 26.4 Å². The van der Waals surface area contributed by atoms with Gasteiger partial charge in [0.1, 0.15) is 11.5 Å². The van der Waals surface area contributed by atoms with E-state index in [-0.39, 0.29) is 5.78 Å². The van der Waals surface area contributed by atoms with Crippen molar-refractivity contribution in [3.63, 3.8) is 0 Å². The minimum absolute atomic E-state index is 0.0325. The molecule has 2 aromatic carbocycles. The van der Waals surface area contributed by atoms with Gasteiger partial charge in [-0.2, -0.15) is 0 Å². The fourth-order valence-electron chi connectivity index (χ4n) is 2.44. The highest BCUT2D eigenvalue weighted by Gasteiger charge is 2.32. The van der Waals surface area contributed by atoms with Crippen molar-refractivity contribution in [3.05, 3.63) is 47.5 Å². The molecule has 0 aliphatic heterocycles. The third kappa shape index (κ3) is 1.27. The van der Waals surface area contributed by atoms with E-state index >= 15 is 0 Å². The smallest absolute Gasteiger partial charge is 0.201 e. The van der Waals surface area contributed by atoms with Gasteiger partial charge in [0.15, 0.2) is 0 Å². The molecule has 3 nitrogen and oxygen atoms in total. The number of hydrogen-bond donors (Lipinski definition) is 0. The van der Waals surface area contributed by atoms with Crippen LogP contribution in [0.2, 0.25) is 0 Å². The number of benzene rings is 2. The van der Waals surface area contributed by atoms with Gasteiger partial charge in [0.05, 0.1) is 25.3 Å². The molecule has 0 unspecified atom stereocenters. The Morgan fingerprint density at radius 2 is 1.22 bits per heavy atom. The molecule has 0 amide bonds. The monoisotopic (exact) mass is 240 g/mol. The molecule has 1 aliphatic rings. The molecule has 0 radical (unpaired) electrons. The lowest BCUT2D eigenvalue weighted by Gasteiger charge is -2.05. The molecule has 0 fully saturated rings. The molecular formula is C15H12O3. The first-order valence-corrected chi connectivity index (χ1v) is 5.67. The number of methoxy groups -OCH3 is 2. The molecule has 3 rings (SSSR count). The van der Waals surface area contributed by atoms with Gasteiger partial charge in [-0.05, 0) is 23.3 Å². The Kier molecular flexibility index (Phi) is 2.33. The standard InChI is InChI=1S/C15H12O3/c1-17-11-7-3-5-9-10-6-4-8-12(18-2)14(10)15(16)13(9)11/h3-8H,1-2H3. The van der Waals surface area contributed by atoms with Gasteiger partial charge in [-0.1, -0.05) is 24.3 Å². The van der Waals surface area contributed by atoms with Gasteiger partial charge in [-0.3, -0.25) is 4.79 Å². The molecule has 0 saturated heterocycles. The number of fused-ring (bicyclic) bond motifs is 3. The maximum atomic E-state index is 12.5. The van der Waals surface area contributed by atoms with E-state index in [9.17, 15) is 4.79 Å². The summed E-state index contributed by atoms with van der Waals surface area (Å²) in [5.41, 5.74) is 3.07. The average Bonchev–Trinajstić information content (AvgIpc) is 2.73. The van der Waals surface area contributed by atoms with E-state index in [2.05, 4.69) is 0 Å². The Labute approximate surface area is 105 Å². The van der Waals surface area contributed by atoms with Crippen LogP contribution in [0, 0.1) is 0 Å². The second-order valence-electron chi connectivity index (χ2n) is 4.09. The highest BCUT2D eigenvalue weighted by Crippen LogP contribution is 2.44. The topological polar surface area (TPSA) is 35.5 Å². The lowest BCUT2D eigenvalue weighted by Crippen LogP contribution is -2.01. The van der Waals surface area contributed by atoms with Crippen LogP contribution >= 0.6 is 0 Å². The van der Waals surface area contributed by atoms with Crippen molar-refractivity contribution in [2.45, 2.75) is 0 Å². The van der Waals surface area contributed by atoms with E-state index in [4.69, 9.17) is 9.47 Å². The summed E-state index contributed by atoms with van der Waals surface area (Å²) in [6, 6.07) is 11.2. The van der Waals surface area contributed by atoms with E-state index in [0.29, 0.717) is 22.6 Å². The summed E-state index contributed by atoms with van der Waals surface area (Å²) in [5, 5.41) is 0. The van der Waals surface area contributed by atoms with Crippen molar-refractivity contribution in [1.82, 2.24) is 0 Å². The van der Waals surface area contributed by atoms with Gasteiger partial charge < -0.3 is 9.47 Å². The summed E-state index contributed by atoms with van der Waals surface area (Å²) < 4.78 is 10.5. The van der Waals surface area contributed by atoms with Crippen molar-refractivity contribution in [1.29, 1.82) is 0 Å². The summed E-state index contributed by atoms with van der Waals surface area (Å²) in [4.78, 5) is 12.5. The fraction of sp³-hybridized carbons (Fsp3) is 0.133. The van der Waals surface area contributed by atoms with Crippen LogP contribution in [0.15, 0.2) is 36.4 Å². The lowest BCUT2D eigenvalue weighted by atomic mass is 10.1. The van der Waals surface area contributed by atoms with Crippen LogP contribution in [0.5, 0.6) is 11.5 Å². The van der Waals surface area contributed by atoms with Crippen LogP contribution in [0.1, 0.15) is 15.9 Å². The molecule has 0 spiro atoms. The Morgan fingerprint density at radius 3 is 1.61 bits per heavy atom. The fourth-order valence-corrected chi connectivity index (χ4v) is 2.44. The second-order valence-corrected chi connectivity index (χ2v) is 4.09. The minimum Gasteiger partial charge on any atom is -0.496 e. The first-order chi connectivity index (χ1) is 8.77. The van der Waals surface area contributed by atoms with Crippen molar-refractivity contribution < 1.29 is 14.3 Å². The SMILES string of the molecule is COc1cccc2c1C(=O)c1c(OC)cccc1-2. The van der Waals surface area contributed by atoms with Crippen LogP contribution in [0.3, 0.4) is 0 Å². The predicted octanol–water partition coefficient (Wildman–Crippen LogP) is 2.92. The zero-order chi connectivity index (χ0) is 12.7. The first-order valence-electron chi connectivity index (χ1n) is 5.67. The highest BCUT2D eigenvalue weighted by atomic mass is 16.5. The van der Waals surface area contributed by atoms with Gasteiger partial charge in [0, 0.05) is 0 Å². The van der Waals surface area contributed by atoms with Crippen molar-refractivity contribution in [2.24, 2.45) is 0 Å². The van der Waals surface area contributed by atoms with Gasteiger partial charge in [0.25, 0.3) is 0 Å². The second kappa shape index (κ2) is 3.88. The zero-order valence-corrected chi connectivity index (χ0v) is 10.2. The molecule has 0 aromatic heterocycles. The van der Waals surface area contributed by atoms with Crippen LogP contribution in [-0.2, 0) is 0 Å². The molecule has 0 atom stereocenters. The number of ether oxygens (including phenoxy) is 2. The van der Waals surface area contributed by atoms with Crippen LogP contribution in [0.25, 0.3) is 11.1 Å². The predicted molar refractivity (Wildman–Crippen MR) is 68.4 cm³/mol. The molecule has 18 heavy (non-hydrogen) atoms. The molecule has 1 aliphatic carbocycles. The Balaban J connectivity index is 2.34. The average molecular weight is 240 g/mol. The van der Waals surface area contributed by atoms with Gasteiger partial charge in [-0.15, -0.1) is 0 Å². The molecule has 3 heteroatoms. The zero-order valence-electron chi connectivity index (χ0n) is 10.2. The number of rotatable bonds is 2. The molecule has 0 heterocycles. The molecule has 2 aromatic rings. The van der Waals surface area contributed by atoms with E-state index in [1.807, 2.05) is 24.3 Å². The number of ketones is 1. The van der Waals surface area contributed by atoms with E-state index in [0.717, 1.165) is 11.1 Å². The summed E-state index contributed by atoms with van der Waals surface area (Å²) in [6.45, 7) is 0. The first kappa shape index (κ1) is 10.8. The molecule has 0 bridgehead atoms. The summed E-state index contributed by atoms with van der Waals surface area (Å²) in [5.74, 6) is 1.18. The van der Waals surface area contributed by atoms with Crippen LogP contribution in [-0.4, -0.2) is 20.0 Å². The molecule has 0 N–H and O–H groups in total. The third-order valence-electron chi connectivity index (χ3n) is 3.24. The van der Waals surface area contributed by atoms with Gasteiger partial charge >= 0.3 is 0 Å². The third-order valence-corrected chi connectivity index (χ3v) is 3.24. The largest absolute Gasteiger partial charge is 0.496 e. The Bertz CT molecular complexity index is 589. The van der Waals surface area contributed by atoms with Gasteiger partial charge in [0.2, 0.25) is 5.78 Å². The number of carbonyl (C=O) groups is 1. The van der Waals surface area contributed by atoms with Crippen molar-refractivity contribution in [2.75, 3.05) is 14.2 Å². The quantitative estimate of drug-likeness (QED) is 0.691. The minimum atomic E-state index is -0.0325. The van der Waals surface area contributed by atoms with Crippen molar-refractivity contribution in [3.8, 4) is 22.6 Å². The van der Waals surface area contributed by atoms with Crippen LogP contribution < -0.4 is 9.47 Å². The summed E-state index contributed by atoms with van der Waals surface area (Å²) in [6.07, 6.45) is 0. The molecule has 0 saturated carbocycles. The maximum Gasteiger partial charge on any atom is 0.201 e. The van der Waals surface area contributed by atoms with Crippen LogP contribution in [0.4, 0.5) is 0 Å². The number of hydrogen-bond acceptors (Lipinski definition) is 3. The molecule has 90 valence electrons. The highest BCUT2D eigenvalue weighted by molar-refractivity contribution is 6.24. The van der Waals surface area contributed by atoms with Gasteiger partial charge in [-0.25, -0.2) is 0 Å². The molecular weight excluding hydrogens is 228 g/mol. The van der Waals surface area contributed by atoms with Crippen molar-refractivity contribution >= 4 is 5.78 Å². The maximum absolute atomic E-state index is 12.5. The Hall–Kier alpha value is -2.29. The summed E-state index contributed by atoms with van der Waals surface area (Å²) >= 11 is 0. The summed E-state index contributed by atoms with van der Waals surface area (Å²) in [7, 11) is 3.15. The van der Waals surface area contributed by atoms with E-state index < -0.39 is 0 Å². The Morgan fingerprint density at radius 1 is 0.778 bits per heavy atom. The normalized spacial score (nSPS) is 12.0.